The summed E-state index contributed by atoms with van der Waals surface area (Å²) in [4.78, 5) is 18.5. The Morgan fingerprint density at radius 2 is 2.25 bits per heavy atom. The summed E-state index contributed by atoms with van der Waals surface area (Å²) in [5.41, 5.74) is 2.52. The monoisotopic (exact) mass is 273 g/mol. The predicted octanol–water partition coefficient (Wildman–Crippen LogP) is 1.68. The molecule has 6 nitrogen and oxygen atoms in total. The number of carbonyl (C=O) groups excluding carboxylic acids is 1. The van der Waals surface area contributed by atoms with Crippen molar-refractivity contribution in [3.63, 3.8) is 0 Å². The van der Waals surface area contributed by atoms with Gasteiger partial charge in [-0.3, -0.25) is 9.89 Å². The SMILES string of the molecule is CCc1cc(C(=O)N(C)Cc2cn[nH]c2)cc(NC)n1. The number of rotatable bonds is 5. The lowest BCUT2D eigenvalue weighted by atomic mass is 10.1. The maximum absolute atomic E-state index is 12.4. The number of H-pyrrole nitrogens is 1. The van der Waals surface area contributed by atoms with Crippen LogP contribution in [-0.2, 0) is 13.0 Å². The van der Waals surface area contributed by atoms with Gasteiger partial charge in [0, 0.05) is 43.7 Å². The molecule has 2 N–H and O–H groups in total. The molecule has 20 heavy (non-hydrogen) atoms. The minimum absolute atomic E-state index is 0.0280. The van der Waals surface area contributed by atoms with E-state index < -0.39 is 0 Å². The predicted molar refractivity (Wildman–Crippen MR) is 77.5 cm³/mol. The first kappa shape index (κ1) is 14.0. The van der Waals surface area contributed by atoms with E-state index in [2.05, 4.69) is 20.5 Å². The number of nitrogens with zero attached hydrogens (tertiary/aromatic N) is 3. The van der Waals surface area contributed by atoms with E-state index in [1.165, 1.54) is 0 Å². The van der Waals surface area contributed by atoms with Crippen molar-refractivity contribution in [3.8, 4) is 0 Å². The summed E-state index contributed by atoms with van der Waals surface area (Å²) in [5.74, 6) is 0.684. The minimum Gasteiger partial charge on any atom is -0.373 e. The number of pyridine rings is 1. The van der Waals surface area contributed by atoms with E-state index >= 15 is 0 Å². The lowest BCUT2D eigenvalue weighted by Crippen LogP contribution is -2.26. The maximum Gasteiger partial charge on any atom is 0.254 e. The molecule has 1 amide bonds. The molecule has 2 rings (SSSR count). The molecule has 0 aliphatic carbocycles. The fraction of sp³-hybridized carbons (Fsp3) is 0.357. The molecule has 0 aromatic carbocycles. The fourth-order valence-electron chi connectivity index (χ4n) is 1.95. The lowest BCUT2D eigenvalue weighted by Gasteiger charge is -2.17. The fourth-order valence-corrected chi connectivity index (χ4v) is 1.95. The molecule has 2 aromatic heterocycles. The van der Waals surface area contributed by atoms with Crippen LogP contribution in [-0.4, -0.2) is 40.1 Å². The van der Waals surface area contributed by atoms with Crippen LogP contribution in [0.3, 0.4) is 0 Å². The molecule has 0 saturated carbocycles. The second-order valence-electron chi connectivity index (χ2n) is 4.60. The van der Waals surface area contributed by atoms with Crippen molar-refractivity contribution in [1.82, 2.24) is 20.1 Å². The normalized spacial score (nSPS) is 10.3. The van der Waals surface area contributed by atoms with Crippen LogP contribution in [0.4, 0.5) is 5.82 Å². The molecule has 0 aliphatic heterocycles. The Kier molecular flexibility index (Phi) is 4.34. The van der Waals surface area contributed by atoms with Gasteiger partial charge in [-0.1, -0.05) is 6.92 Å². The van der Waals surface area contributed by atoms with Crippen molar-refractivity contribution >= 4 is 11.7 Å². The molecule has 0 radical (unpaired) electrons. The molecular weight excluding hydrogens is 254 g/mol. The first-order chi connectivity index (χ1) is 9.63. The smallest absolute Gasteiger partial charge is 0.254 e. The van der Waals surface area contributed by atoms with Gasteiger partial charge in [-0.25, -0.2) is 4.98 Å². The number of amides is 1. The largest absolute Gasteiger partial charge is 0.373 e. The van der Waals surface area contributed by atoms with E-state index in [-0.39, 0.29) is 5.91 Å². The molecule has 0 spiro atoms. The quantitative estimate of drug-likeness (QED) is 0.869. The Hall–Kier alpha value is -2.37. The van der Waals surface area contributed by atoms with Crippen molar-refractivity contribution in [2.75, 3.05) is 19.4 Å². The third-order valence-electron chi connectivity index (χ3n) is 3.07. The maximum atomic E-state index is 12.4. The molecule has 0 fully saturated rings. The Morgan fingerprint density at radius 3 is 2.85 bits per heavy atom. The van der Waals surface area contributed by atoms with Gasteiger partial charge in [0.25, 0.3) is 5.91 Å². The molecule has 0 atom stereocenters. The number of carbonyl (C=O) groups is 1. The average Bonchev–Trinajstić information content (AvgIpc) is 2.98. The summed E-state index contributed by atoms with van der Waals surface area (Å²) in [6, 6.07) is 3.61. The van der Waals surface area contributed by atoms with E-state index in [1.54, 1.807) is 37.5 Å². The number of aromatic amines is 1. The summed E-state index contributed by atoms with van der Waals surface area (Å²) in [5, 5.41) is 9.61. The van der Waals surface area contributed by atoms with Crippen LogP contribution >= 0.6 is 0 Å². The van der Waals surface area contributed by atoms with Crippen LogP contribution in [0.2, 0.25) is 0 Å². The first-order valence-electron chi connectivity index (χ1n) is 6.56. The molecule has 0 aliphatic rings. The summed E-state index contributed by atoms with van der Waals surface area (Å²) in [6.07, 6.45) is 4.29. The number of nitrogens with one attached hydrogen (secondary N) is 2. The Morgan fingerprint density at radius 1 is 1.45 bits per heavy atom. The van der Waals surface area contributed by atoms with Crippen molar-refractivity contribution in [2.45, 2.75) is 19.9 Å². The number of hydrogen-bond donors (Lipinski definition) is 2. The Balaban J connectivity index is 2.19. The number of hydrogen-bond acceptors (Lipinski definition) is 4. The topological polar surface area (TPSA) is 73.9 Å². The second-order valence-corrected chi connectivity index (χ2v) is 4.60. The van der Waals surface area contributed by atoms with E-state index in [9.17, 15) is 4.79 Å². The number of anilines is 1. The molecule has 0 bridgehead atoms. The Labute approximate surface area is 118 Å². The zero-order chi connectivity index (χ0) is 14.5. The first-order valence-corrected chi connectivity index (χ1v) is 6.56. The number of aryl methyl sites for hydroxylation is 1. The summed E-state index contributed by atoms with van der Waals surface area (Å²) < 4.78 is 0. The summed E-state index contributed by atoms with van der Waals surface area (Å²) >= 11 is 0. The van der Waals surface area contributed by atoms with Crippen LogP contribution in [0.25, 0.3) is 0 Å². The standard InChI is InChI=1S/C14H19N5O/c1-4-12-5-11(6-13(15-2)18-12)14(20)19(3)9-10-7-16-17-8-10/h5-8H,4,9H2,1-3H3,(H,15,18)(H,16,17). The second kappa shape index (κ2) is 6.18. The lowest BCUT2D eigenvalue weighted by molar-refractivity contribution is 0.0785. The molecule has 106 valence electrons. The third-order valence-corrected chi connectivity index (χ3v) is 3.07. The minimum atomic E-state index is -0.0280. The zero-order valence-corrected chi connectivity index (χ0v) is 12.0. The van der Waals surface area contributed by atoms with Crippen molar-refractivity contribution in [1.29, 1.82) is 0 Å². The van der Waals surface area contributed by atoms with Crippen LogP contribution < -0.4 is 5.32 Å². The number of aromatic nitrogens is 3. The van der Waals surface area contributed by atoms with Gasteiger partial charge < -0.3 is 10.2 Å². The summed E-state index contributed by atoms with van der Waals surface area (Å²) in [7, 11) is 3.58. The highest BCUT2D eigenvalue weighted by atomic mass is 16.2. The zero-order valence-electron chi connectivity index (χ0n) is 12.0. The van der Waals surface area contributed by atoms with E-state index in [0.29, 0.717) is 17.9 Å². The molecule has 6 heteroatoms. The van der Waals surface area contributed by atoms with Crippen molar-refractivity contribution < 1.29 is 4.79 Å². The van der Waals surface area contributed by atoms with Gasteiger partial charge in [0.1, 0.15) is 5.82 Å². The van der Waals surface area contributed by atoms with Crippen LogP contribution in [0.15, 0.2) is 24.5 Å². The van der Waals surface area contributed by atoms with Gasteiger partial charge in [0.05, 0.1) is 6.20 Å². The van der Waals surface area contributed by atoms with Gasteiger partial charge >= 0.3 is 0 Å². The highest BCUT2D eigenvalue weighted by Crippen LogP contribution is 2.14. The van der Waals surface area contributed by atoms with E-state index in [1.807, 2.05) is 13.0 Å². The Bertz CT molecular complexity index is 557. The summed E-state index contributed by atoms with van der Waals surface area (Å²) in [6.45, 7) is 2.54. The van der Waals surface area contributed by atoms with Crippen LogP contribution in [0.1, 0.15) is 28.5 Å². The van der Waals surface area contributed by atoms with E-state index in [0.717, 1.165) is 17.7 Å². The third kappa shape index (κ3) is 3.14. The highest BCUT2D eigenvalue weighted by Gasteiger charge is 2.14. The van der Waals surface area contributed by atoms with Crippen LogP contribution in [0.5, 0.6) is 0 Å². The van der Waals surface area contributed by atoms with Crippen molar-refractivity contribution in [2.24, 2.45) is 0 Å². The van der Waals surface area contributed by atoms with Crippen molar-refractivity contribution in [3.05, 3.63) is 41.3 Å². The molecule has 2 heterocycles. The van der Waals surface area contributed by atoms with Gasteiger partial charge in [-0.05, 0) is 18.6 Å². The molecule has 2 aromatic rings. The molecular formula is C14H19N5O. The van der Waals surface area contributed by atoms with Gasteiger partial charge in [-0.2, -0.15) is 5.10 Å². The average molecular weight is 273 g/mol. The highest BCUT2D eigenvalue weighted by molar-refractivity contribution is 5.94. The van der Waals surface area contributed by atoms with Crippen LogP contribution in [0, 0.1) is 0 Å². The molecule has 0 saturated heterocycles. The van der Waals surface area contributed by atoms with Gasteiger partial charge in [0.15, 0.2) is 0 Å². The van der Waals surface area contributed by atoms with Gasteiger partial charge in [0.2, 0.25) is 0 Å². The van der Waals surface area contributed by atoms with Gasteiger partial charge in [-0.15, -0.1) is 0 Å². The molecule has 0 unspecified atom stereocenters. The van der Waals surface area contributed by atoms with E-state index in [4.69, 9.17) is 0 Å².